The van der Waals surface area contributed by atoms with Crippen molar-refractivity contribution in [2.45, 2.75) is 12.5 Å². The molecule has 4 heteroatoms. The number of hydrogen-bond donors (Lipinski definition) is 0. The van der Waals surface area contributed by atoms with Crippen LogP contribution in [0.3, 0.4) is 0 Å². The summed E-state index contributed by atoms with van der Waals surface area (Å²) in [6.45, 7) is 0.681. The van der Waals surface area contributed by atoms with Crippen molar-refractivity contribution >= 4 is 30.4 Å². The third kappa shape index (κ3) is 2.77. The first-order valence-electron chi connectivity index (χ1n) is 2.64. The molecule has 0 bridgehead atoms. The fourth-order valence-electron chi connectivity index (χ4n) is 0.638. The zero-order valence-electron chi connectivity index (χ0n) is 4.75. The number of halogens is 1. The van der Waals surface area contributed by atoms with Crippen LogP contribution < -0.4 is 0 Å². The molecule has 0 amide bonds. The molecule has 52 valence electrons. The van der Waals surface area contributed by atoms with Gasteiger partial charge in [0.1, 0.15) is 6.10 Å². The third-order valence-electron chi connectivity index (χ3n) is 1.06. The maximum atomic E-state index is 5.13. The summed E-state index contributed by atoms with van der Waals surface area (Å²) >= 11 is 2.09. The van der Waals surface area contributed by atoms with Gasteiger partial charge in [0.15, 0.2) is 0 Å². The Balaban J connectivity index is 2.01. The van der Waals surface area contributed by atoms with E-state index in [0.717, 1.165) is 6.42 Å². The van der Waals surface area contributed by atoms with Gasteiger partial charge in [-0.05, 0) is 6.08 Å². The summed E-state index contributed by atoms with van der Waals surface area (Å²) in [7, 11) is 1.35. The molecule has 0 aromatic heterocycles. The van der Waals surface area contributed by atoms with E-state index >= 15 is 0 Å². The van der Waals surface area contributed by atoms with E-state index in [1.54, 1.807) is 6.26 Å². The fraction of sp³-hybridized carbons (Fsp3) is 0.600. The van der Waals surface area contributed by atoms with Gasteiger partial charge in [0.05, 0.1) is 22.1 Å². The van der Waals surface area contributed by atoms with E-state index in [4.69, 9.17) is 8.92 Å². The van der Waals surface area contributed by atoms with Crippen LogP contribution in [0.15, 0.2) is 12.3 Å². The predicted octanol–water partition coefficient (Wildman–Crippen LogP) is 2.30. The monoisotopic (exact) mass is 258 g/mol. The Hall–Kier alpha value is 0.580. The Labute approximate surface area is 70.8 Å². The van der Waals surface area contributed by atoms with Crippen LogP contribution in [-0.4, -0.2) is 12.7 Å². The van der Waals surface area contributed by atoms with Crippen molar-refractivity contribution in [1.29, 1.82) is 0 Å². The lowest BCUT2D eigenvalue weighted by atomic mass is 10.3. The van der Waals surface area contributed by atoms with E-state index in [1.165, 1.54) is 9.21 Å². The van der Waals surface area contributed by atoms with E-state index in [1.807, 2.05) is 6.08 Å². The topological polar surface area (TPSA) is 18.5 Å². The highest BCUT2D eigenvalue weighted by Gasteiger charge is 2.10. The van der Waals surface area contributed by atoms with Crippen molar-refractivity contribution in [1.82, 2.24) is 0 Å². The molecule has 0 saturated carbocycles. The zero-order valence-corrected chi connectivity index (χ0v) is 7.72. The van der Waals surface area contributed by atoms with Crippen LogP contribution in [-0.2, 0) is 8.92 Å². The molecule has 1 rings (SSSR count). The summed E-state index contributed by atoms with van der Waals surface area (Å²) in [5.41, 5.74) is 0. The molecule has 0 spiro atoms. The molecule has 0 radical (unpaired) electrons. The molecule has 2 nitrogen and oxygen atoms in total. The SMILES string of the molecule is ISOCC1CC=CO1. The molecule has 1 unspecified atom stereocenters. The Kier molecular flexibility index (Phi) is 3.76. The minimum atomic E-state index is 0.257. The Morgan fingerprint density at radius 1 is 1.89 bits per heavy atom. The van der Waals surface area contributed by atoms with Crippen molar-refractivity contribution in [3.05, 3.63) is 12.3 Å². The van der Waals surface area contributed by atoms with Gasteiger partial charge in [0.2, 0.25) is 0 Å². The van der Waals surface area contributed by atoms with Crippen LogP contribution >= 0.6 is 30.4 Å². The first-order valence-corrected chi connectivity index (χ1v) is 5.92. The quantitative estimate of drug-likeness (QED) is 0.571. The van der Waals surface area contributed by atoms with Crippen LogP contribution in [0, 0.1) is 0 Å². The number of rotatable bonds is 3. The summed E-state index contributed by atoms with van der Waals surface area (Å²) in [6, 6.07) is 0. The largest absolute Gasteiger partial charge is 0.496 e. The van der Waals surface area contributed by atoms with Gasteiger partial charge in [-0.1, -0.05) is 0 Å². The minimum absolute atomic E-state index is 0.257. The zero-order chi connectivity index (χ0) is 6.53. The molecule has 1 heterocycles. The van der Waals surface area contributed by atoms with Gasteiger partial charge in [0, 0.05) is 27.6 Å². The molecule has 0 aromatic rings. The first kappa shape index (κ1) is 7.68. The second kappa shape index (κ2) is 4.40. The Morgan fingerprint density at radius 3 is 3.33 bits per heavy atom. The van der Waals surface area contributed by atoms with Gasteiger partial charge >= 0.3 is 0 Å². The lowest BCUT2D eigenvalue weighted by molar-refractivity contribution is 0.120. The highest BCUT2D eigenvalue weighted by atomic mass is 127. The molecule has 0 aromatic carbocycles. The lowest BCUT2D eigenvalue weighted by Crippen LogP contribution is -2.10. The van der Waals surface area contributed by atoms with Crippen molar-refractivity contribution in [2.24, 2.45) is 0 Å². The fourth-order valence-corrected chi connectivity index (χ4v) is 1.28. The van der Waals surface area contributed by atoms with E-state index in [2.05, 4.69) is 21.2 Å². The van der Waals surface area contributed by atoms with Crippen LogP contribution in [0.5, 0.6) is 0 Å². The summed E-state index contributed by atoms with van der Waals surface area (Å²) in [5, 5.41) is 0. The number of hydrogen-bond acceptors (Lipinski definition) is 3. The van der Waals surface area contributed by atoms with Crippen molar-refractivity contribution in [3.8, 4) is 0 Å². The second-order valence-electron chi connectivity index (χ2n) is 1.71. The van der Waals surface area contributed by atoms with Crippen LogP contribution in [0.2, 0.25) is 0 Å². The van der Waals surface area contributed by atoms with E-state index in [0.29, 0.717) is 6.61 Å². The third-order valence-corrected chi connectivity index (χ3v) is 2.05. The summed E-state index contributed by atoms with van der Waals surface area (Å²) in [5.74, 6) is 0. The van der Waals surface area contributed by atoms with Gasteiger partial charge in [-0.3, -0.25) is 0 Å². The maximum absolute atomic E-state index is 5.13. The summed E-state index contributed by atoms with van der Waals surface area (Å²) < 4.78 is 10.2. The van der Waals surface area contributed by atoms with Gasteiger partial charge in [-0.2, -0.15) is 0 Å². The molecule has 0 aliphatic carbocycles. The van der Waals surface area contributed by atoms with E-state index < -0.39 is 0 Å². The molecule has 1 aliphatic heterocycles. The molecular formula is C5H7IO2S. The van der Waals surface area contributed by atoms with Crippen LogP contribution in [0.25, 0.3) is 0 Å². The average Bonchev–Trinajstić information content (AvgIpc) is 2.34. The Morgan fingerprint density at radius 2 is 2.78 bits per heavy atom. The highest BCUT2D eigenvalue weighted by Crippen LogP contribution is 2.16. The number of ether oxygens (including phenoxy) is 1. The van der Waals surface area contributed by atoms with Crippen molar-refractivity contribution in [3.63, 3.8) is 0 Å². The molecule has 0 N–H and O–H groups in total. The summed E-state index contributed by atoms with van der Waals surface area (Å²) in [6.07, 6.45) is 4.97. The summed E-state index contributed by atoms with van der Waals surface area (Å²) in [4.78, 5) is 0. The minimum Gasteiger partial charge on any atom is -0.496 e. The van der Waals surface area contributed by atoms with Crippen molar-refractivity contribution in [2.75, 3.05) is 6.61 Å². The molecule has 1 aliphatic rings. The van der Waals surface area contributed by atoms with Crippen molar-refractivity contribution < 1.29 is 8.92 Å². The maximum Gasteiger partial charge on any atom is 0.126 e. The molecule has 9 heavy (non-hydrogen) atoms. The molecular weight excluding hydrogens is 251 g/mol. The Bertz CT molecular complexity index is 99.1. The van der Waals surface area contributed by atoms with Gasteiger partial charge in [-0.15, -0.1) is 0 Å². The predicted molar refractivity (Wildman–Crippen MR) is 46.2 cm³/mol. The first-order chi connectivity index (χ1) is 4.43. The molecule has 0 fully saturated rings. The van der Waals surface area contributed by atoms with Gasteiger partial charge < -0.3 is 8.92 Å². The average molecular weight is 258 g/mol. The van der Waals surface area contributed by atoms with Crippen LogP contribution in [0.1, 0.15) is 6.42 Å². The standard InChI is InChI=1S/C5H7IO2S/c6-9-8-4-5-2-1-3-7-5/h1,3,5H,2,4H2. The smallest absolute Gasteiger partial charge is 0.126 e. The molecule has 1 atom stereocenters. The van der Waals surface area contributed by atoms with E-state index in [-0.39, 0.29) is 6.10 Å². The van der Waals surface area contributed by atoms with Crippen LogP contribution in [0.4, 0.5) is 0 Å². The van der Waals surface area contributed by atoms with E-state index in [9.17, 15) is 0 Å². The van der Waals surface area contributed by atoms with Gasteiger partial charge in [0.25, 0.3) is 0 Å². The molecule has 0 saturated heterocycles. The van der Waals surface area contributed by atoms with Gasteiger partial charge in [-0.25, -0.2) is 0 Å². The highest BCUT2D eigenvalue weighted by molar-refractivity contribution is 14.2. The lowest BCUT2D eigenvalue weighted by Gasteiger charge is -2.06. The normalized spacial score (nSPS) is 24.3. The second-order valence-corrected chi connectivity index (χ2v) is 3.15.